The number of para-hydroxylation sites is 1. The smallest absolute Gasteiger partial charge is 0.142 e. The molecule has 0 amide bonds. The minimum absolute atomic E-state index is 0.892. The normalized spacial score (nSPS) is 10.9. The molecule has 4 heteroatoms. The van der Waals surface area contributed by atoms with Crippen molar-refractivity contribution in [2.24, 2.45) is 0 Å². The Morgan fingerprint density at radius 2 is 1.90 bits per heavy atom. The molecular weight excluding hydrogens is 266 g/mol. The summed E-state index contributed by atoms with van der Waals surface area (Å²) in [6.07, 6.45) is 2.66. The van der Waals surface area contributed by atoms with Gasteiger partial charge in [0.15, 0.2) is 0 Å². The molecule has 0 bridgehead atoms. The molecule has 0 aliphatic heterocycles. The summed E-state index contributed by atoms with van der Waals surface area (Å²) in [4.78, 5) is 11.2. The van der Waals surface area contributed by atoms with Crippen LogP contribution in [0, 0.1) is 13.8 Å². The largest absolute Gasteiger partial charge is 0.339 e. The van der Waals surface area contributed by atoms with E-state index in [1.807, 2.05) is 0 Å². The highest BCUT2D eigenvalue weighted by molar-refractivity contribution is 7.18. The fourth-order valence-corrected chi connectivity index (χ4v) is 3.24. The van der Waals surface area contributed by atoms with Gasteiger partial charge >= 0.3 is 0 Å². The number of benzene rings is 1. The predicted octanol–water partition coefficient (Wildman–Crippen LogP) is 4.61. The number of aromatic nitrogens is 2. The van der Waals surface area contributed by atoms with E-state index in [0.717, 1.165) is 28.1 Å². The zero-order chi connectivity index (χ0) is 14.1. The molecule has 0 fully saturated rings. The molecule has 3 aromatic rings. The molecule has 0 atom stereocenters. The van der Waals surface area contributed by atoms with Crippen LogP contribution in [-0.2, 0) is 6.42 Å². The lowest BCUT2D eigenvalue weighted by Gasteiger charge is -2.12. The maximum absolute atomic E-state index is 4.42. The van der Waals surface area contributed by atoms with E-state index in [2.05, 4.69) is 60.3 Å². The van der Waals surface area contributed by atoms with Crippen molar-refractivity contribution in [3.05, 3.63) is 46.6 Å². The van der Waals surface area contributed by atoms with E-state index in [9.17, 15) is 0 Å². The molecule has 0 saturated heterocycles. The van der Waals surface area contributed by atoms with Crippen LogP contribution < -0.4 is 5.32 Å². The lowest BCUT2D eigenvalue weighted by atomic mass is 10.1. The molecule has 0 aliphatic carbocycles. The van der Waals surface area contributed by atoms with Gasteiger partial charge in [-0.05, 0) is 37.5 Å². The molecule has 1 aromatic carbocycles. The van der Waals surface area contributed by atoms with Crippen LogP contribution >= 0.6 is 11.3 Å². The van der Waals surface area contributed by atoms with Crippen molar-refractivity contribution in [2.75, 3.05) is 5.32 Å². The van der Waals surface area contributed by atoms with E-state index in [1.165, 1.54) is 16.0 Å². The molecule has 1 N–H and O–H groups in total. The topological polar surface area (TPSA) is 37.8 Å². The summed E-state index contributed by atoms with van der Waals surface area (Å²) in [7, 11) is 0. The highest BCUT2D eigenvalue weighted by atomic mass is 32.1. The average Bonchev–Trinajstić information content (AvgIpc) is 2.87. The van der Waals surface area contributed by atoms with Crippen LogP contribution in [0.3, 0.4) is 0 Å². The van der Waals surface area contributed by atoms with Crippen molar-refractivity contribution in [3.8, 4) is 0 Å². The monoisotopic (exact) mass is 283 g/mol. The zero-order valence-electron chi connectivity index (χ0n) is 11.9. The number of rotatable bonds is 3. The van der Waals surface area contributed by atoms with E-state index in [1.54, 1.807) is 17.7 Å². The minimum atomic E-state index is 0.892. The third kappa shape index (κ3) is 2.27. The fourth-order valence-electron chi connectivity index (χ4n) is 2.31. The van der Waals surface area contributed by atoms with Crippen molar-refractivity contribution < 1.29 is 0 Å². The molecule has 3 rings (SSSR count). The van der Waals surface area contributed by atoms with E-state index in [4.69, 9.17) is 0 Å². The number of nitrogens with one attached hydrogen (secondary N) is 1. The molecule has 3 nitrogen and oxygen atoms in total. The first-order chi connectivity index (χ1) is 9.69. The van der Waals surface area contributed by atoms with E-state index < -0.39 is 0 Å². The van der Waals surface area contributed by atoms with Crippen LogP contribution in [0.5, 0.6) is 0 Å². The van der Waals surface area contributed by atoms with Gasteiger partial charge in [-0.2, -0.15) is 0 Å². The SMILES string of the molecule is CCc1cc2c(Nc3c(C)cccc3C)ncnc2s1. The molecule has 0 aliphatic rings. The fraction of sp³-hybridized carbons (Fsp3) is 0.250. The Morgan fingerprint density at radius 3 is 2.60 bits per heavy atom. The molecule has 2 heterocycles. The Bertz CT molecular complexity index is 741. The second-order valence-corrected chi connectivity index (χ2v) is 6.01. The van der Waals surface area contributed by atoms with Crippen molar-refractivity contribution in [3.63, 3.8) is 0 Å². The Labute approximate surface area is 122 Å². The molecular formula is C16H17N3S. The first-order valence-corrected chi connectivity index (χ1v) is 7.57. The number of fused-ring (bicyclic) bond motifs is 1. The average molecular weight is 283 g/mol. The predicted molar refractivity (Wildman–Crippen MR) is 86.0 cm³/mol. The van der Waals surface area contributed by atoms with E-state index >= 15 is 0 Å². The second kappa shape index (κ2) is 5.21. The Kier molecular flexibility index (Phi) is 3.40. The van der Waals surface area contributed by atoms with Gasteiger partial charge in [0.1, 0.15) is 17.0 Å². The van der Waals surface area contributed by atoms with Crippen LogP contribution in [0.4, 0.5) is 11.5 Å². The van der Waals surface area contributed by atoms with E-state index in [0.29, 0.717) is 0 Å². The summed E-state index contributed by atoms with van der Waals surface area (Å²) in [6, 6.07) is 8.48. The summed E-state index contributed by atoms with van der Waals surface area (Å²) in [5.74, 6) is 0.892. The van der Waals surface area contributed by atoms with Gasteiger partial charge in [0, 0.05) is 10.6 Å². The second-order valence-electron chi connectivity index (χ2n) is 4.90. The summed E-state index contributed by atoms with van der Waals surface area (Å²) >= 11 is 1.74. The Hall–Kier alpha value is -1.94. The summed E-state index contributed by atoms with van der Waals surface area (Å²) in [5, 5.41) is 4.58. The van der Waals surface area contributed by atoms with Crippen LogP contribution in [0.2, 0.25) is 0 Å². The summed E-state index contributed by atoms with van der Waals surface area (Å²) < 4.78 is 0. The molecule has 20 heavy (non-hydrogen) atoms. The van der Waals surface area contributed by atoms with Gasteiger partial charge in [-0.25, -0.2) is 9.97 Å². The number of hydrogen-bond donors (Lipinski definition) is 1. The highest BCUT2D eigenvalue weighted by Gasteiger charge is 2.10. The van der Waals surface area contributed by atoms with Crippen molar-refractivity contribution >= 4 is 33.1 Å². The molecule has 0 saturated carbocycles. The molecule has 0 radical (unpaired) electrons. The quantitative estimate of drug-likeness (QED) is 0.762. The van der Waals surface area contributed by atoms with Crippen molar-refractivity contribution in [1.82, 2.24) is 9.97 Å². The lowest BCUT2D eigenvalue weighted by Crippen LogP contribution is -1.98. The van der Waals surface area contributed by atoms with Crippen LogP contribution in [0.25, 0.3) is 10.2 Å². The van der Waals surface area contributed by atoms with Crippen LogP contribution in [0.15, 0.2) is 30.6 Å². The van der Waals surface area contributed by atoms with Crippen LogP contribution in [-0.4, -0.2) is 9.97 Å². The standard InChI is InChI=1S/C16H17N3S/c1-4-12-8-13-15(17-9-18-16(13)20-12)19-14-10(2)6-5-7-11(14)3/h5-9H,4H2,1-3H3,(H,17,18,19). The third-order valence-electron chi connectivity index (χ3n) is 3.45. The van der Waals surface area contributed by atoms with Gasteiger partial charge in [-0.15, -0.1) is 11.3 Å². The van der Waals surface area contributed by atoms with Gasteiger partial charge in [-0.3, -0.25) is 0 Å². The maximum Gasteiger partial charge on any atom is 0.142 e. The number of thiophene rings is 1. The molecule has 2 aromatic heterocycles. The number of aryl methyl sites for hydroxylation is 3. The third-order valence-corrected chi connectivity index (χ3v) is 4.64. The van der Waals surface area contributed by atoms with E-state index in [-0.39, 0.29) is 0 Å². The van der Waals surface area contributed by atoms with Crippen LogP contribution in [0.1, 0.15) is 22.9 Å². The first kappa shape index (κ1) is 13.1. The van der Waals surface area contributed by atoms with Crippen molar-refractivity contribution in [2.45, 2.75) is 27.2 Å². The molecule has 0 unspecified atom stereocenters. The Balaban J connectivity index is 2.09. The maximum atomic E-state index is 4.42. The zero-order valence-corrected chi connectivity index (χ0v) is 12.7. The van der Waals surface area contributed by atoms with Gasteiger partial charge in [0.2, 0.25) is 0 Å². The number of hydrogen-bond acceptors (Lipinski definition) is 4. The van der Waals surface area contributed by atoms with Crippen molar-refractivity contribution in [1.29, 1.82) is 0 Å². The highest BCUT2D eigenvalue weighted by Crippen LogP contribution is 2.31. The lowest BCUT2D eigenvalue weighted by molar-refractivity contribution is 1.19. The summed E-state index contributed by atoms with van der Waals surface area (Å²) in [6.45, 7) is 6.38. The van der Waals surface area contributed by atoms with Gasteiger partial charge in [0.05, 0.1) is 5.39 Å². The van der Waals surface area contributed by atoms with Gasteiger partial charge in [-0.1, -0.05) is 25.1 Å². The number of nitrogens with zero attached hydrogens (tertiary/aromatic N) is 2. The molecule has 0 spiro atoms. The van der Waals surface area contributed by atoms with Gasteiger partial charge < -0.3 is 5.32 Å². The molecule has 102 valence electrons. The Morgan fingerprint density at radius 1 is 1.15 bits per heavy atom. The summed E-state index contributed by atoms with van der Waals surface area (Å²) in [5.41, 5.74) is 3.59. The van der Waals surface area contributed by atoms with Gasteiger partial charge in [0.25, 0.3) is 0 Å². The number of anilines is 2. The first-order valence-electron chi connectivity index (χ1n) is 6.75. The minimum Gasteiger partial charge on any atom is -0.339 e.